The molecular formula is C12H13FO4. The number of halogens is 1. The predicted octanol–water partition coefficient (Wildman–Crippen LogP) is 1.83. The minimum Gasteiger partial charge on any atom is -0.493 e. The number of ether oxygens (including phenoxy) is 2. The van der Waals surface area contributed by atoms with Gasteiger partial charge in [-0.25, -0.2) is 9.18 Å². The van der Waals surface area contributed by atoms with Crippen LogP contribution in [-0.4, -0.2) is 26.0 Å². The molecular weight excluding hydrogens is 227 g/mol. The molecule has 17 heavy (non-hydrogen) atoms. The molecule has 0 saturated heterocycles. The zero-order chi connectivity index (χ0) is 12.8. The van der Waals surface area contributed by atoms with Crippen LogP contribution in [0.4, 0.5) is 4.39 Å². The van der Waals surface area contributed by atoms with Gasteiger partial charge in [-0.15, -0.1) is 0 Å². The van der Waals surface area contributed by atoms with Gasteiger partial charge in [0.1, 0.15) is 17.9 Å². The first-order valence-corrected chi connectivity index (χ1v) is 5.04. The maximum absolute atomic E-state index is 13.4. The Labute approximate surface area is 98.3 Å². The third kappa shape index (κ3) is 3.55. The summed E-state index contributed by atoms with van der Waals surface area (Å²) < 4.78 is 23.0. The van der Waals surface area contributed by atoms with Crippen molar-refractivity contribution in [3.8, 4) is 5.75 Å². The molecule has 1 unspecified atom stereocenters. The molecule has 0 aromatic heterocycles. The summed E-state index contributed by atoms with van der Waals surface area (Å²) >= 11 is 0. The highest BCUT2D eigenvalue weighted by molar-refractivity contribution is 5.89. The van der Waals surface area contributed by atoms with Gasteiger partial charge in [-0.3, -0.25) is 0 Å². The number of methoxy groups -OCH3 is 1. The summed E-state index contributed by atoms with van der Waals surface area (Å²) in [5, 5.41) is 0. The van der Waals surface area contributed by atoms with Crippen molar-refractivity contribution in [3.63, 3.8) is 0 Å². The first-order valence-electron chi connectivity index (χ1n) is 5.04. The van der Waals surface area contributed by atoms with Crippen LogP contribution in [0.15, 0.2) is 18.2 Å². The summed E-state index contributed by atoms with van der Waals surface area (Å²) in [4.78, 5) is 21.5. The topological polar surface area (TPSA) is 52.6 Å². The molecule has 1 aromatic carbocycles. The molecule has 92 valence electrons. The number of esters is 1. The van der Waals surface area contributed by atoms with Crippen LogP contribution in [0.2, 0.25) is 0 Å². The fraction of sp³-hybridized carbons (Fsp3) is 0.333. The van der Waals surface area contributed by atoms with Gasteiger partial charge >= 0.3 is 5.97 Å². The fourth-order valence-electron chi connectivity index (χ4n) is 1.13. The number of carbonyl (C=O) groups excluding carboxylic acids is 2. The lowest BCUT2D eigenvalue weighted by Gasteiger charge is -2.09. The van der Waals surface area contributed by atoms with Crippen LogP contribution in [0.5, 0.6) is 5.75 Å². The van der Waals surface area contributed by atoms with Crippen molar-refractivity contribution >= 4 is 12.3 Å². The molecule has 0 N–H and O–H groups in total. The number of hydrogen-bond donors (Lipinski definition) is 0. The van der Waals surface area contributed by atoms with E-state index in [1.54, 1.807) is 6.92 Å². The van der Waals surface area contributed by atoms with Gasteiger partial charge in [0, 0.05) is 12.0 Å². The summed E-state index contributed by atoms with van der Waals surface area (Å²) in [7, 11) is 1.18. The van der Waals surface area contributed by atoms with Crippen molar-refractivity contribution in [1.29, 1.82) is 0 Å². The quantitative estimate of drug-likeness (QED) is 0.582. The van der Waals surface area contributed by atoms with E-state index in [9.17, 15) is 14.0 Å². The summed E-state index contributed by atoms with van der Waals surface area (Å²) in [6.07, 6.45) is 0.749. The average molecular weight is 240 g/mol. The van der Waals surface area contributed by atoms with E-state index in [2.05, 4.69) is 4.74 Å². The van der Waals surface area contributed by atoms with Gasteiger partial charge in [0.2, 0.25) is 0 Å². The molecule has 0 spiro atoms. The average Bonchev–Trinajstić information content (AvgIpc) is 2.35. The van der Waals surface area contributed by atoms with Gasteiger partial charge in [-0.1, -0.05) is 6.92 Å². The predicted molar refractivity (Wildman–Crippen MR) is 58.5 cm³/mol. The molecule has 0 amide bonds. The number of aldehydes is 1. The maximum Gasteiger partial charge on any atom is 0.340 e. The molecule has 0 radical (unpaired) electrons. The third-order valence-electron chi connectivity index (χ3n) is 2.09. The van der Waals surface area contributed by atoms with Crippen LogP contribution in [0.1, 0.15) is 17.3 Å². The Bertz CT molecular complexity index is 417. The van der Waals surface area contributed by atoms with Gasteiger partial charge in [0.25, 0.3) is 0 Å². The molecule has 0 aliphatic rings. The Kier molecular flexibility index (Phi) is 4.63. The minimum absolute atomic E-state index is 0.150. The van der Waals surface area contributed by atoms with E-state index in [1.165, 1.54) is 19.2 Å². The van der Waals surface area contributed by atoms with Crippen molar-refractivity contribution in [2.75, 3.05) is 13.7 Å². The van der Waals surface area contributed by atoms with Crippen LogP contribution >= 0.6 is 0 Å². The van der Waals surface area contributed by atoms with E-state index in [-0.39, 0.29) is 23.8 Å². The second-order valence-electron chi connectivity index (χ2n) is 3.56. The lowest BCUT2D eigenvalue weighted by Crippen LogP contribution is -2.10. The van der Waals surface area contributed by atoms with E-state index in [0.29, 0.717) is 0 Å². The summed E-state index contributed by atoms with van der Waals surface area (Å²) in [5.74, 6) is -1.45. The highest BCUT2D eigenvalue weighted by atomic mass is 19.1. The first-order chi connectivity index (χ1) is 8.08. The maximum atomic E-state index is 13.4. The van der Waals surface area contributed by atoms with Gasteiger partial charge in [-0.2, -0.15) is 0 Å². The Morgan fingerprint density at radius 3 is 2.76 bits per heavy atom. The second kappa shape index (κ2) is 5.98. The van der Waals surface area contributed by atoms with Gasteiger partial charge in [0.15, 0.2) is 0 Å². The second-order valence-corrected chi connectivity index (χ2v) is 3.56. The molecule has 1 rings (SSSR count). The summed E-state index contributed by atoms with van der Waals surface area (Å²) in [6, 6.07) is 3.82. The fourth-order valence-corrected chi connectivity index (χ4v) is 1.13. The highest BCUT2D eigenvalue weighted by Crippen LogP contribution is 2.17. The SMILES string of the molecule is COC(=O)c1ccc(OCC(C)C=O)cc1F. The third-order valence-corrected chi connectivity index (χ3v) is 2.09. The molecule has 4 nitrogen and oxygen atoms in total. The van der Waals surface area contributed by atoms with E-state index in [4.69, 9.17) is 4.74 Å². The molecule has 1 aromatic rings. The standard InChI is InChI=1S/C12H13FO4/c1-8(6-14)7-17-9-3-4-10(11(13)5-9)12(15)16-2/h3-6,8H,7H2,1-2H3. The summed E-state index contributed by atoms with van der Waals surface area (Å²) in [5.41, 5.74) is -0.150. The van der Waals surface area contributed by atoms with Crippen LogP contribution in [-0.2, 0) is 9.53 Å². The first kappa shape index (κ1) is 13.2. The molecule has 0 saturated carbocycles. The van der Waals surface area contributed by atoms with Gasteiger partial charge in [-0.05, 0) is 12.1 Å². The van der Waals surface area contributed by atoms with Crippen molar-refractivity contribution in [1.82, 2.24) is 0 Å². The van der Waals surface area contributed by atoms with Crippen molar-refractivity contribution in [3.05, 3.63) is 29.6 Å². The Hall–Kier alpha value is -1.91. The van der Waals surface area contributed by atoms with Gasteiger partial charge in [0.05, 0.1) is 19.3 Å². The van der Waals surface area contributed by atoms with Crippen molar-refractivity contribution < 1.29 is 23.5 Å². The smallest absolute Gasteiger partial charge is 0.340 e. The van der Waals surface area contributed by atoms with Crippen LogP contribution in [0.25, 0.3) is 0 Å². The van der Waals surface area contributed by atoms with E-state index < -0.39 is 11.8 Å². The largest absolute Gasteiger partial charge is 0.493 e. The Morgan fingerprint density at radius 2 is 2.24 bits per heavy atom. The number of benzene rings is 1. The molecule has 0 aliphatic heterocycles. The van der Waals surface area contributed by atoms with Crippen LogP contribution in [0, 0.1) is 11.7 Å². The lowest BCUT2D eigenvalue weighted by atomic mass is 10.2. The zero-order valence-electron chi connectivity index (χ0n) is 9.60. The van der Waals surface area contributed by atoms with Gasteiger partial charge < -0.3 is 14.3 Å². The molecule has 5 heteroatoms. The molecule has 0 fully saturated rings. The van der Waals surface area contributed by atoms with E-state index in [0.717, 1.165) is 12.4 Å². The highest BCUT2D eigenvalue weighted by Gasteiger charge is 2.13. The number of carbonyl (C=O) groups is 2. The van der Waals surface area contributed by atoms with Crippen LogP contribution in [0.3, 0.4) is 0 Å². The van der Waals surface area contributed by atoms with Crippen molar-refractivity contribution in [2.24, 2.45) is 5.92 Å². The summed E-state index contributed by atoms with van der Waals surface area (Å²) in [6.45, 7) is 1.85. The minimum atomic E-state index is -0.740. The lowest BCUT2D eigenvalue weighted by molar-refractivity contribution is -0.111. The molecule has 1 atom stereocenters. The number of rotatable bonds is 5. The number of hydrogen-bond acceptors (Lipinski definition) is 4. The van der Waals surface area contributed by atoms with Crippen molar-refractivity contribution in [2.45, 2.75) is 6.92 Å². The molecule has 0 bridgehead atoms. The molecule has 0 aliphatic carbocycles. The van der Waals surface area contributed by atoms with E-state index >= 15 is 0 Å². The Morgan fingerprint density at radius 1 is 1.53 bits per heavy atom. The zero-order valence-corrected chi connectivity index (χ0v) is 9.60. The molecule has 0 heterocycles. The normalized spacial score (nSPS) is 11.7. The monoisotopic (exact) mass is 240 g/mol. The van der Waals surface area contributed by atoms with Crippen LogP contribution < -0.4 is 4.74 Å². The van der Waals surface area contributed by atoms with E-state index in [1.807, 2.05) is 0 Å². The Balaban J connectivity index is 2.75.